The molecule has 0 aromatic heterocycles. The van der Waals surface area contributed by atoms with Crippen molar-refractivity contribution in [2.45, 2.75) is 46.8 Å². The third-order valence-corrected chi connectivity index (χ3v) is 7.56. The third kappa shape index (κ3) is 8.18. The van der Waals surface area contributed by atoms with Crippen molar-refractivity contribution in [2.24, 2.45) is 0 Å². The molecule has 0 radical (unpaired) electrons. The van der Waals surface area contributed by atoms with Crippen LogP contribution in [0.15, 0.2) is 32.4 Å². The van der Waals surface area contributed by atoms with Crippen molar-refractivity contribution in [2.75, 3.05) is 0 Å². The van der Waals surface area contributed by atoms with Gasteiger partial charge in [0, 0.05) is 0 Å². The van der Waals surface area contributed by atoms with Gasteiger partial charge in [-0.1, -0.05) is 83.5 Å². The van der Waals surface area contributed by atoms with Gasteiger partial charge in [0.25, 0.3) is 6.25 Å². The van der Waals surface area contributed by atoms with Crippen molar-refractivity contribution in [3.05, 3.63) is 32.4 Å². The molecule has 2 unspecified atom stereocenters. The van der Waals surface area contributed by atoms with Crippen LogP contribution in [0.2, 0.25) is 0 Å². The zero-order chi connectivity index (χ0) is 19.3. The van der Waals surface area contributed by atoms with E-state index in [0.29, 0.717) is 24.0 Å². The van der Waals surface area contributed by atoms with Crippen molar-refractivity contribution in [3.8, 4) is 0 Å². The zero-order valence-electron chi connectivity index (χ0n) is 13.3. The van der Waals surface area contributed by atoms with Crippen LogP contribution in [-0.2, 0) is 21.6 Å². The van der Waals surface area contributed by atoms with Crippen LogP contribution in [0, 0.1) is 0 Å². The summed E-state index contributed by atoms with van der Waals surface area (Å²) in [5.41, 5.74) is 7.10. The molecular formula is C14H16Cl6O2S2. The molecule has 0 rings (SSSR count). The molecule has 0 aromatic carbocycles. The second-order valence-electron chi connectivity index (χ2n) is 4.60. The van der Waals surface area contributed by atoms with Crippen LogP contribution >= 0.6 is 69.6 Å². The number of rotatable bonds is 5. The Bertz CT molecular complexity index is 600. The standard InChI is InChI=1S/C14H16Cl6O2S2/c1-5-9(3)7-11(23(21)13(15,16)17)12(8-10(4)6-2)24(22)14(18,19)20/h5-6H2,1-4H3. The summed E-state index contributed by atoms with van der Waals surface area (Å²) in [5, 5.41) is 0. The summed E-state index contributed by atoms with van der Waals surface area (Å²) in [6.45, 7) is 7.20. The molecule has 0 bridgehead atoms. The lowest BCUT2D eigenvalue weighted by molar-refractivity contribution is 0.684. The van der Waals surface area contributed by atoms with Crippen LogP contribution in [0.5, 0.6) is 0 Å². The van der Waals surface area contributed by atoms with Gasteiger partial charge >= 0.3 is 0 Å². The van der Waals surface area contributed by atoms with E-state index in [1.807, 2.05) is 13.8 Å². The van der Waals surface area contributed by atoms with Gasteiger partial charge in [-0.3, -0.25) is 0 Å². The Labute approximate surface area is 177 Å². The van der Waals surface area contributed by atoms with Crippen LogP contribution in [0.25, 0.3) is 0 Å². The lowest BCUT2D eigenvalue weighted by Crippen LogP contribution is -2.20. The molecule has 0 N–H and O–H groups in total. The molecule has 0 spiro atoms. The van der Waals surface area contributed by atoms with E-state index in [2.05, 4.69) is 11.5 Å². The third-order valence-electron chi connectivity index (χ3n) is 2.71. The summed E-state index contributed by atoms with van der Waals surface area (Å²) in [7, 11) is -4.40. The Morgan fingerprint density at radius 3 is 1.17 bits per heavy atom. The van der Waals surface area contributed by atoms with Gasteiger partial charge in [0.1, 0.15) is 31.4 Å². The smallest absolute Gasteiger partial charge is 0.249 e. The van der Waals surface area contributed by atoms with Gasteiger partial charge in [0.2, 0.25) is 0 Å². The monoisotopic (exact) mass is 490 g/mol. The molecule has 0 aliphatic rings. The van der Waals surface area contributed by atoms with Crippen LogP contribution in [0.3, 0.4) is 0 Å². The first-order chi connectivity index (χ1) is 10.8. The highest BCUT2D eigenvalue weighted by molar-refractivity contribution is 8.00. The molecule has 0 saturated heterocycles. The molecule has 0 heterocycles. The zero-order valence-corrected chi connectivity index (χ0v) is 19.5. The average molecular weight is 493 g/mol. The predicted molar refractivity (Wildman–Crippen MR) is 110 cm³/mol. The highest BCUT2D eigenvalue weighted by Gasteiger charge is 2.40. The van der Waals surface area contributed by atoms with Crippen molar-refractivity contribution in [1.29, 1.82) is 0 Å². The predicted octanol–water partition coefficient (Wildman–Crippen LogP) is 6.82. The van der Waals surface area contributed by atoms with Gasteiger partial charge in [-0.2, -0.15) is 0 Å². The highest BCUT2D eigenvalue weighted by Crippen LogP contribution is 2.41. The molecule has 0 amide bonds. The van der Waals surface area contributed by atoms with E-state index in [1.54, 1.807) is 13.8 Å². The van der Waals surface area contributed by atoms with Crippen molar-refractivity contribution in [1.82, 2.24) is 0 Å². The fourth-order valence-electron chi connectivity index (χ4n) is 1.17. The van der Waals surface area contributed by atoms with E-state index in [-0.39, 0.29) is 9.81 Å². The van der Waals surface area contributed by atoms with Gasteiger partial charge in [-0.25, -0.2) is 8.42 Å². The lowest BCUT2D eigenvalue weighted by atomic mass is 10.2. The average Bonchev–Trinajstić information content (AvgIpc) is 2.46. The maximum atomic E-state index is 12.6. The number of hydrogen-bond acceptors (Lipinski definition) is 2. The maximum absolute atomic E-state index is 12.6. The van der Waals surface area contributed by atoms with Crippen LogP contribution in [0.1, 0.15) is 40.5 Å². The fraction of sp³-hybridized carbons (Fsp3) is 0.571. The summed E-state index contributed by atoms with van der Waals surface area (Å²) in [5.74, 6) is 0. The first-order valence-corrected chi connectivity index (χ1v) is 11.2. The molecule has 2 atom stereocenters. The quantitative estimate of drug-likeness (QED) is 0.240. The summed E-state index contributed by atoms with van der Waals surface area (Å²) in [6, 6.07) is 0. The van der Waals surface area contributed by atoms with E-state index in [4.69, 9.17) is 69.6 Å². The summed E-state index contributed by atoms with van der Waals surface area (Å²) < 4.78 is 20.9. The van der Waals surface area contributed by atoms with Crippen molar-refractivity contribution >= 4 is 91.2 Å². The normalized spacial score (nSPS) is 14.2. The SMILES string of the molecule is CCC(C)=C=C(C(=C=C(C)CC)S(=O)C(Cl)(Cl)Cl)S(=O)C(Cl)(Cl)Cl. The molecule has 0 aromatic rings. The van der Waals surface area contributed by atoms with Crippen molar-refractivity contribution in [3.63, 3.8) is 0 Å². The minimum absolute atomic E-state index is 0.119. The van der Waals surface area contributed by atoms with E-state index in [0.717, 1.165) is 0 Å². The lowest BCUT2D eigenvalue weighted by Gasteiger charge is -2.17. The Kier molecular flexibility index (Phi) is 10.9. The van der Waals surface area contributed by atoms with Gasteiger partial charge in [-0.15, -0.1) is 11.5 Å². The molecular weight excluding hydrogens is 477 g/mol. The maximum Gasteiger partial charge on any atom is 0.271 e. The fourth-order valence-corrected chi connectivity index (χ4v) is 4.45. The van der Waals surface area contributed by atoms with Gasteiger partial charge < -0.3 is 0 Å². The van der Waals surface area contributed by atoms with E-state index < -0.39 is 27.8 Å². The highest BCUT2D eigenvalue weighted by atomic mass is 35.6. The molecule has 0 fully saturated rings. The van der Waals surface area contributed by atoms with Gasteiger partial charge in [0.15, 0.2) is 0 Å². The molecule has 0 saturated carbocycles. The Morgan fingerprint density at radius 1 is 0.750 bits per heavy atom. The molecule has 0 aliphatic heterocycles. The topological polar surface area (TPSA) is 34.1 Å². The first-order valence-electron chi connectivity index (χ1n) is 6.66. The molecule has 0 aliphatic carbocycles. The van der Waals surface area contributed by atoms with Crippen LogP contribution < -0.4 is 0 Å². The first kappa shape index (κ1) is 25.1. The molecule has 24 heavy (non-hydrogen) atoms. The summed E-state index contributed by atoms with van der Waals surface area (Å²) in [6.07, 6.45) is 1.18. The molecule has 138 valence electrons. The van der Waals surface area contributed by atoms with Crippen molar-refractivity contribution < 1.29 is 8.42 Å². The Balaban J connectivity index is 6.91. The molecule has 2 nitrogen and oxygen atoms in total. The second-order valence-corrected chi connectivity index (χ2v) is 13.6. The van der Waals surface area contributed by atoms with E-state index in [1.165, 1.54) is 0 Å². The number of alkyl halides is 6. The van der Waals surface area contributed by atoms with E-state index >= 15 is 0 Å². The minimum Gasteiger partial charge on any atom is -0.249 e. The second kappa shape index (κ2) is 10.4. The van der Waals surface area contributed by atoms with Crippen LogP contribution in [-0.4, -0.2) is 14.7 Å². The van der Waals surface area contributed by atoms with Gasteiger partial charge in [0.05, 0.1) is 0 Å². The summed E-state index contributed by atoms with van der Waals surface area (Å²) in [4.78, 5) is -0.237. The van der Waals surface area contributed by atoms with Crippen LogP contribution in [0.4, 0.5) is 0 Å². The number of hydrogen-bond donors (Lipinski definition) is 0. The molecule has 10 heteroatoms. The van der Waals surface area contributed by atoms with E-state index in [9.17, 15) is 8.42 Å². The minimum atomic E-state index is -2.20. The summed E-state index contributed by atoms with van der Waals surface area (Å²) >= 11 is 34.5. The largest absolute Gasteiger partial charge is 0.271 e. The van der Waals surface area contributed by atoms with Gasteiger partial charge in [-0.05, 0) is 37.8 Å². The Hall–Kier alpha value is 1.08. The Morgan fingerprint density at radius 2 is 1.00 bits per heavy atom. The number of halogens is 6.